The Bertz CT molecular complexity index is 1200. The van der Waals surface area contributed by atoms with Gasteiger partial charge < -0.3 is 20.3 Å². The summed E-state index contributed by atoms with van der Waals surface area (Å²) in [6.07, 6.45) is 3.59. The SMILES string of the molecule is C=CC(=O)Nc1nn(C)c2cc(N3CCC(Nc4ncc(C#N)c(OC)n4)C3)ccc12. The van der Waals surface area contributed by atoms with Crippen molar-refractivity contribution in [1.82, 2.24) is 19.7 Å². The van der Waals surface area contributed by atoms with E-state index in [1.165, 1.54) is 19.4 Å². The lowest BCUT2D eigenvalue weighted by Crippen LogP contribution is -2.26. The molecule has 31 heavy (non-hydrogen) atoms. The van der Waals surface area contributed by atoms with Crippen molar-refractivity contribution in [2.75, 3.05) is 35.7 Å². The maximum absolute atomic E-state index is 11.6. The third-order valence-corrected chi connectivity index (χ3v) is 5.22. The van der Waals surface area contributed by atoms with E-state index >= 15 is 0 Å². The van der Waals surface area contributed by atoms with Gasteiger partial charge in [0.15, 0.2) is 5.82 Å². The summed E-state index contributed by atoms with van der Waals surface area (Å²) in [6.45, 7) is 5.12. The second-order valence-electron chi connectivity index (χ2n) is 7.17. The molecule has 10 heteroatoms. The fraction of sp³-hybridized carbons (Fsp3) is 0.286. The first-order valence-electron chi connectivity index (χ1n) is 9.75. The van der Waals surface area contributed by atoms with Crippen LogP contribution in [0.15, 0.2) is 37.1 Å². The van der Waals surface area contributed by atoms with Gasteiger partial charge >= 0.3 is 0 Å². The number of ether oxygens (including phenoxy) is 1. The Balaban J connectivity index is 1.49. The van der Waals surface area contributed by atoms with E-state index in [0.29, 0.717) is 17.3 Å². The molecule has 1 aliphatic heterocycles. The number of hydrogen-bond acceptors (Lipinski definition) is 8. The third kappa shape index (κ3) is 3.98. The highest BCUT2D eigenvalue weighted by Crippen LogP contribution is 2.29. The number of rotatable bonds is 6. The molecule has 1 saturated heterocycles. The third-order valence-electron chi connectivity index (χ3n) is 5.22. The Hall–Kier alpha value is -4.13. The summed E-state index contributed by atoms with van der Waals surface area (Å²) in [6, 6.07) is 8.22. The molecule has 0 radical (unpaired) electrons. The zero-order valence-corrected chi connectivity index (χ0v) is 17.3. The van der Waals surface area contributed by atoms with E-state index in [9.17, 15) is 4.79 Å². The molecule has 1 fully saturated rings. The molecule has 1 unspecified atom stereocenters. The van der Waals surface area contributed by atoms with Crippen LogP contribution in [0.2, 0.25) is 0 Å². The van der Waals surface area contributed by atoms with Crippen molar-refractivity contribution in [2.24, 2.45) is 7.05 Å². The first-order valence-corrected chi connectivity index (χ1v) is 9.75. The first kappa shape index (κ1) is 20.2. The summed E-state index contributed by atoms with van der Waals surface area (Å²) in [5.41, 5.74) is 2.29. The van der Waals surface area contributed by atoms with Gasteiger partial charge in [0.05, 0.1) is 18.8 Å². The van der Waals surface area contributed by atoms with E-state index in [-0.39, 0.29) is 17.8 Å². The number of carbonyl (C=O) groups excluding carboxylic acids is 1. The average molecular weight is 418 g/mol. The average Bonchev–Trinajstić information content (AvgIpc) is 3.37. The number of anilines is 3. The molecule has 2 N–H and O–H groups in total. The van der Waals surface area contributed by atoms with Gasteiger partial charge in [0.1, 0.15) is 11.6 Å². The van der Waals surface area contributed by atoms with E-state index in [1.54, 1.807) is 4.68 Å². The summed E-state index contributed by atoms with van der Waals surface area (Å²) in [5.74, 6) is 0.921. The Kier molecular flexibility index (Phi) is 5.41. The second kappa shape index (κ2) is 8.31. The number of nitriles is 1. The number of aromatic nitrogens is 4. The molecule has 1 aromatic carbocycles. The Morgan fingerprint density at radius 3 is 3.03 bits per heavy atom. The zero-order chi connectivity index (χ0) is 22.0. The van der Waals surface area contributed by atoms with E-state index in [0.717, 1.165) is 36.1 Å². The molecule has 0 saturated carbocycles. The molecule has 158 valence electrons. The molecule has 2 aromatic heterocycles. The number of methoxy groups -OCH3 is 1. The van der Waals surface area contributed by atoms with Crippen LogP contribution < -0.4 is 20.3 Å². The lowest BCUT2D eigenvalue weighted by atomic mass is 10.2. The summed E-state index contributed by atoms with van der Waals surface area (Å²) >= 11 is 0. The highest BCUT2D eigenvalue weighted by atomic mass is 16.5. The monoisotopic (exact) mass is 418 g/mol. The summed E-state index contributed by atoms with van der Waals surface area (Å²) in [4.78, 5) is 22.4. The van der Waals surface area contributed by atoms with Gasteiger partial charge in [-0.1, -0.05) is 6.58 Å². The maximum atomic E-state index is 11.6. The standard InChI is InChI=1S/C21H22N8O2/c1-4-18(30)25-19-16-6-5-15(9-17(16)28(2)27-19)29-8-7-14(12-29)24-21-23-11-13(10-22)20(26-21)31-3/h4-6,9,11,14H,1,7-8,12H2,2-3H3,(H,23,24,26)(H,25,27,30). The molecule has 3 aromatic rings. The van der Waals surface area contributed by atoms with Crippen LogP contribution in [0.5, 0.6) is 5.88 Å². The van der Waals surface area contributed by atoms with Crippen LogP contribution in [0.1, 0.15) is 12.0 Å². The molecule has 0 aliphatic carbocycles. The Morgan fingerprint density at radius 2 is 2.29 bits per heavy atom. The van der Waals surface area contributed by atoms with Gasteiger partial charge in [0.25, 0.3) is 0 Å². The van der Waals surface area contributed by atoms with E-state index in [4.69, 9.17) is 10.00 Å². The van der Waals surface area contributed by atoms with E-state index in [1.807, 2.05) is 25.2 Å². The zero-order valence-electron chi connectivity index (χ0n) is 17.3. The number of amides is 1. The van der Waals surface area contributed by atoms with Crippen molar-refractivity contribution < 1.29 is 9.53 Å². The van der Waals surface area contributed by atoms with Gasteiger partial charge in [0, 0.05) is 37.3 Å². The normalized spacial score (nSPS) is 15.5. The van der Waals surface area contributed by atoms with Gasteiger partial charge in [-0.2, -0.15) is 15.3 Å². The van der Waals surface area contributed by atoms with Gasteiger partial charge in [-0.25, -0.2) is 4.98 Å². The first-order chi connectivity index (χ1) is 15.0. The van der Waals surface area contributed by atoms with E-state index in [2.05, 4.69) is 43.2 Å². The molecule has 1 aliphatic rings. The number of carbonyl (C=O) groups is 1. The fourth-order valence-electron chi connectivity index (χ4n) is 3.67. The highest BCUT2D eigenvalue weighted by molar-refractivity contribution is 6.04. The van der Waals surface area contributed by atoms with Crippen molar-refractivity contribution in [3.8, 4) is 11.9 Å². The topological polar surface area (TPSA) is 121 Å². The smallest absolute Gasteiger partial charge is 0.248 e. The minimum absolute atomic E-state index is 0.155. The van der Waals surface area contributed by atoms with Gasteiger partial charge in [-0.15, -0.1) is 0 Å². The Morgan fingerprint density at radius 1 is 1.45 bits per heavy atom. The molecule has 3 heterocycles. The van der Waals surface area contributed by atoms with Gasteiger partial charge in [-0.3, -0.25) is 9.48 Å². The molecule has 0 spiro atoms. The minimum atomic E-state index is -0.292. The number of hydrogen-bond donors (Lipinski definition) is 2. The van der Waals surface area contributed by atoms with Crippen LogP contribution in [0.25, 0.3) is 10.9 Å². The molecule has 1 amide bonds. The van der Waals surface area contributed by atoms with Crippen LogP contribution >= 0.6 is 0 Å². The van der Waals surface area contributed by atoms with Gasteiger partial charge in [0.2, 0.25) is 17.7 Å². The number of fused-ring (bicyclic) bond motifs is 1. The number of aryl methyl sites for hydroxylation is 1. The van der Waals surface area contributed by atoms with Crippen molar-refractivity contribution >= 4 is 34.3 Å². The second-order valence-corrected chi connectivity index (χ2v) is 7.17. The highest BCUT2D eigenvalue weighted by Gasteiger charge is 2.24. The van der Waals surface area contributed by atoms with E-state index < -0.39 is 0 Å². The minimum Gasteiger partial charge on any atom is -0.480 e. The number of nitrogens with one attached hydrogen (secondary N) is 2. The maximum Gasteiger partial charge on any atom is 0.248 e. The van der Waals surface area contributed by atoms with Crippen LogP contribution in [-0.4, -0.2) is 51.9 Å². The van der Waals surface area contributed by atoms with Crippen LogP contribution in [0, 0.1) is 11.3 Å². The lowest BCUT2D eigenvalue weighted by Gasteiger charge is -2.19. The number of nitrogens with zero attached hydrogens (tertiary/aromatic N) is 6. The van der Waals surface area contributed by atoms with Crippen LogP contribution in [0.4, 0.5) is 17.5 Å². The predicted octanol–water partition coefficient (Wildman–Crippen LogP) is 2.06. The summed E-state index contributed by atoms with van der Waals surface area (Å²) < 4.78 is 6.90. The summed E-state index contributed by atoms with van der Waals surface area (Å²) in [7, 11) is 3.33. The van der Waals surface area contributed by atoms with Crippen molar-refractivity contribution in [1.29, 1.82) is 5.26 Å². The fourth-order valence-corrected chi connectivity index (χ4v) is 3.67. The molecule has 10 nitrogen and oxygen atoms in total. The Labute approximate surface area is 179 Å². The van der Waals surface area contributed by atoms with Crippen LogP contribution in [0.3, 0.4) is 0 Å². The molecular weight excluding hydrogens is 396 g/mol. The van der Waals surface area contributed by atoms with Crippen molar-refractivity contribution in [3.63, 3.8) is 0 Å². The quantitative estimate of drug-likeness (QED) is 0.584. The van der Waals surface area contributed by atoms with Gasteiger partial charge in [-0.05, 0) is 30.7 Å². The molecule has 0 bridgehead atoms. The molecule has 1 atom stereocenters. The van der Waals surface area contributed by atoms with Crippen molar-refractivity contribution in [2.45, 2.75) is 12.5 Å². The molecule has 4 rings (SSSR count). The largest absolute Gasteiger partial charge is 0.480 e. The lowest BCUT2D eigenvalue weighted by molar-refractivity contribution is -0.111. The predicted molar refractivity (Wildman–Crippen MR) is 117 cm³/mol. The number of benzene rings is 1. The molecular formula is C21H22N8O2. The van der Waals surface area contributed by atoms with Crippen molar-refractivity contribution in [3.05, 3.63) is 42.6 Å². The van der Waals surface area contributed by atoms with Crippen LogP contribution in [-0.2, 0) is 11.8 Å². The summed E-state index contributed by atoms with van der Waals surface area (Å²) in [5, 5.41) is 20.4.